The van der Waals surface area contributed by atoms with Gasteiger partial charge in [0.2, 0.25) is 5.72 Å². The highest BCUT2D eigenvalue weighted by Crippen LogP contribution is 2.51. The van der Waals surface area contributed by atoms with E-state index in [0.717, 1.165) is 25.9 Å². The summed E-state index contributed by atoms with van der Waals surface area (Å²) in [5, 5.41) is 16.1. The molecule has 1 saturated heterocycles. The fourth-order valence-corrected chi connectivity index (χ4v) is 7.08. The Kier molecular flexibility index (Phi) is 8.30. The summed E-state index contributed by atoms with van der Waals surface area (Å²) in [5.41, 5.74) is -2.14. The van der Waals surface area contributed by atoms with E-state index >= 15 is 4.39 Å². The summed E-state index contributed by atoms with van der Waals surface area (Å²) in [5.74, 6) is -0.972. The highest BCUT2D eigenvalue weighted by atomic mass is 35.5. The first-order valence-corrected chi connectivity index (χ1v) is 15.4. The number of fused-ring (bicyclic) bond motifs is 1. The Morgan fingerprint density at radius 3 is 2.42 bits per heavy atom. The predicted octanol–water partition coefficient (Wildman–Crippen LogP) is 5.52. The Morgan fingerprint density at radius 1 is 1.09 bits per heavy atom. The maximum Gasteiger partial charge on any atom is 0.257 e. The average molecular weight is 628 g/mol. The lowest BCUT2D eigenvalue weighted by Crippen LogP contribution is -2.48. The molecule has 3 atom stereocenters. The molecule has 226 valence electrons. The molecule has 3 heterocycles. The highest BCUT2D eigenvalue weighted by Gasteiger charge is 2.56. The van der Waals surface area contributed by atoms with Crippen LogP contribution in [0.2, 0.25) is 10.0 Å². The zero-order chi connectivity index (χ0) is 30.4. The quantitative estimate of drug-likeness (QED) is 0.339. The number of rotatable bonds is 8. The summed E-state index contributed by atoms with van der Waals surface area (Å²) in [6, 6.07) is 9.65. The standard InChI is InChI=1S/C32H33Cl2FN4O4/c1-2-31(42,19-9-11-36-12-10-19)21-13-26-29(27(35)14-21)32(20-3-5-22(33)6-4-20,43-25-8-7-24(40)15-25)39(30(26)41)18-28-37-16-23(34)17-38-28/h3-6,13-14,16-17,19,25,36,42H,2,7-12,15,18H2,1H3/t25-,31-,32+/m0/s1. The van der Waals surface area contributed by atoms with Crippen molar-refractivity contribution in [2.75, 3.05) is 13.1 Å². The van der Waals surface area contributed by atoms with Crippen LogP contribution in [0, 0.1) is 11.7 Å². The van der Waals surface area contributed by atoms with E-state index < -0.39 is 29.2 Å². The summed E-state index contributed by atoms with van der Waals surface area (Å²) in [6.07, 6.45) is 5.03. The zero-order valence-electron chi connectivity index (χ0n) is 23.8. The normalized spacial score (nSPS) is 23.9. The number of hydrogen-bond donors (Lipinski definition) is 2. The second kappa shape index (κ2) is 11.9. The number of hydrogen-bond acceptors (Lipinski definition) is 7. The number of ketones is 1. The molecule has 11 heteroatoms. The van der Waals surface area contributed by atoms with E-state index in [0.29, 0.717) is 40.4 Å². The van der Waals surface area contributed by atoms with Gasteiger partial charge in [-0.15, -0.1) is 0 Å². The first kappa shape index (κ1) is 30.1. The molecule has 1 amide bonds. The summed E-state index contributed by atoms with van der Waals surface area (Å²) < 4.78 is 23.6. The maximum atomic E-state index is 16.8. The molecule has 2 aliphatic heterocycles. The van der Waals surface area contributed by atoms with Gasteiger partial charge in [-0.2, -0.15) is 0 Å². The van der Waals surface area contributed by atoms with Gasteiger partial charge in [0.1, 0.15) is 17.4 Å². The van der Waals surface area contributed by atoms with Crippen LogP contribution in [0.1, 0.15) is 78.3 Å². The van der Waals surface area contributed by atoms with Crippen molar-refractivity contribution in [3.63, 3.8) is 0 Å². The molecule has 0 radical (unpaired) electrons. The Balaban J connectivity index is 1.56. The van der Waals surface area contributed by atoms with Gasteiger partial charge in [0, 0.05) is 35.8 Å². The van der Waals surface area contributed by atoms with Crippen molar-refractivity contribution in [2.24, 2.45) is 5.92 Å². The maximum absolute atomic E-state index is 16.8. The number of Topliss-reactive ketones (excluding diaryl/α,β-unsaturated/α-hetero) is 1. The summed E-state index contributed by atoms with van der Waals surface area (Å²) in [7, 11) is 0. The summed E-state index contributed by atoms with van der Waals surface area (Å²) in [6.45, 7) is 3.25. The molecule has 2 fully saturated rings. The van der Waals surface area contributed by atoms with Gasteiger partial charge in [-0.1, -0.05) is 42.3 Å². The van der Waals surface area contributed by atoms with Crippen molar-refractivity contribution < 1.29 is 23.8 Å². The van der Waals surface area contributed by atoms with E-state index in [1.54, 1.807) is 30.3 Å². The van der Waals surface area contributed by atoms with E-state index in [2.05, 4.69) is 15.3 Å². The molecule has 3 aromatic rings. The van der Waals surface area contributed by atoms with Crippen molar-refractivity contribution in [3.05, 3.63) is 92.7 Å². The smallest absolute Gasteiger partial charge is 0.257 e. The van der Waals surface area contributed by atoms with Gasteiger partial charge in [-0.05, 0) is 74.5 Å². The number of carbonyl (C=O) groups is 2. The molecule has 6 rings (SSSR count). The molecular weight excluding hydrogens is 594 g/mol. The minimum atomic E-state index is -1.75. The van der Waals surface area contributed by atoms with Crippen molar-refractivity contribution in [3.8, 4) is 0 Å². The van der Waals surface area contributed by atoms with Crippen LogP contribution in [0.25, 0.3) is 0 Å². The minimum absolute atomic E-state index is 0.0284. The second-order valence-corrected chi connectivity index (χ2v) is 12.4. The van der Waals surface area contributed by atoms with Gasteiger partial charge in [0.25, 0.3) is 5.91 Å². The largest absolute Gasteiger partial charge is 0.385 e. The number of halogens is 3. The second-order valence-electron chi connectivity index (χ2n) is 11.6. The molecule has 8 nitrogen and oxygen atoms in total. The lowest BCUT2D eigenvalue weighted by Gasteiger charge is -2.41. The predicted molar refractivity (Wildman–Crippen MR) is 159 cm³/mol. The number of nitrogens with zero attached hydrogens (tertiary/aromatic N) is 3. The van der Waals surface area contributed by atoms with Crippen molar-refractivity contribution in [1.29, 1.82) is 0 Å². The lowest BCUT2D eigenvalue weighted by atomic mass is 9.74. The molecule has 0 spiro atoms. The molecular formula is C32H33Cl2FN4O4. The zero-order valence-corrected chi connectivity index (χ0v) is 25.3. The van der Waals surface area contributed by atoms with E-state index in [1.807, 2.05) is 6.92 Å². The van der Waals surface area contributed by atoms with Crippen LogP contribution in [0.15, 0.2) is 48.8 Å². The van der Waals surface area contributed by atoms with Crippen molar-refractivity contribution in [1.82, 2.24) is 20.2 Å². The van der Waals surface area contributed by atoms with Crippen LogP contribution in [-0.2, 0) is 27.4 Å². The molecule has 1 aromatic heterocycles. The van der Waals surface area contributed by atoms with Crippen LogP contribution in [-0.4, -0.2) is 50.9 Å². The van der Waals surface area contributed by atoms with Gasteiger partial charge in [0.15, 0.2) is 0 Å². The number of piperidine rings is 1. The van der Waals surface area contributed by atoms with Gasteiger partial charge in [0.05, 0.1) is 34.4 Å². The third-order valence-electron chi connectivity index (χ3n) is 9.08. The van der Waals surface area contributed by atoms with Gasteiger partial charge in [-0.3, -0.25) is 14.5 Å². The van der Waals surface area contributed by atoms with Crippen molar-refractivity contribution in [2.45, 2.75) is 69.4 Å². The third-order valence-corrected chi connectivity index (χ3v) is 9.53. The summed E-state index contributed by atoms with van der Waals surface area (Å²) in [4.78, 5) is 36.8. The first-order valence-electron chi connectivity index (χ1n) is 14.7. The van der Waals surface area contributed by atoms with Crippen LogP contribution in [0.3, 0.4) is 0 Å². The number of nitrogens with one attached hydrogen (secondary N) is 1. The number of aromatic nitrogens is 2. The van der Waals surface area contributed by atoms with Gasteiger partial charge >= 0.3 is 0 Å². The van der Waals surface area contributed by atoms with Gasteiger partial charge in [-0.25, -0.2) is 14.4 Å². The highest BCUT2D eigenvalue weighted by molar-refractivity contribution is 6.30. The molecule has 43 heavy (non-hydrogen) atoms. The van der Waals surface area contributed by atoms with E-state index in [-0.39, 0.29) is 41.6 Å². The van der Waals surface area contributed by atoms with Crippen LogP contribution in [0.5, 0.6) is 0 Å². The van der Waals surface area contributed by atoms with Gasteiger partial charge < -0.3 is 15.2 Å². The van der Waals surface area contributed by atoms with Crippen molar-refractivity contribution >= 4 is 34.9 Å². The SMILES string of the molecule is CC[C@@](O)(c1cc(F)c2c(c1)C(=O)N(Cc1ncc(Cl)cn1)[C@@]2(O[C@H]1CCC(=O)C1)c1ccc(Cl)cc1)C1CCNCC1. The van der Waals surface area contributed by atoms with Crippen LogP contribution >= 0.6 is 23.2 Å². The first-order chi connectivity index (χ1) is 20.7. The molecule has 0 bridgehead atoms. The Labute approximate surface area is 259 Å². The Hall–Kier alpha value is -2.95. The topological polar surface area (TPSA) is 105 Å². The van der Waals surface area contributed by atoms with Crippen LogP contribution < -0.4 is 5.32 Å². The fourth-order valence-electron chi connectivity index (χ4n) is 6.85. The average Bonchev–Trinajstić information content (AvgIpc) is 3.53. The number of benzene rings is 2. The number of carbonyl (C=O) groups excluding carboxylic acids is 2. The Morgan fingerprint density at radius 2 is 1.79 bits per heavy atom. The minimum Gasteiger partial charge on any atom is -0.385 e. The lowest BCUT2D eigenvalue weighted by molar-refractivity contribution is -0.149. The van der Waals surface area contributed by atoms with Crippen LogP contribution in [0.4, 0.5) is 4.39 Å². The monoisotopic (exact) mass is 626 g/mol. The molecule has 1 aliphatic carbocycles. The number of aliphatic hydroxyl groups is 1. The number of ether oxygens (including phenoxy) is 1. The fraction of sp³-hybridized carbons (Fsp3) is 0.438. The third kappa shape index (κ3) is 5.36. The van der Waals surface area contributed by atoms with E-state index in [9.17, 15) is 14.7 Å². The van der Waals surface area contributed by atoms with E-state index in [4.69, 9.17) is 27.9 Å². The molecule has 2 aromatic carbocycles. The molecule has 0 unspecified atom stereocenters. The molecule has 3 aliphatic rings. The van der Waals surface area contributed by atoms with E-state index in [1.165, 1.54) is 23.4 Å². The summed E-state index contributed by atoms with van der Waals surface area (Å²) >= 11 is 12.3. The Bertz CT molecular complexity index is 1530. The molecule has 1 saturated carbocycles. The molecule has 2 N–H and O–H groups in total. The number of amides is 1.